The minimum Gasteiger partial charge on any atom is -0.508 e. The number of aliphatic hydroxyl groups excluding tert-OH is 1. The first-order valence-corrected chi connectivity index (χ1v) is 26.7. The van der Waals surface area contributed by atoms with Gasteiger partial charge in [-0.15, -0.1) is 0 Å². The normalized spacial score (nSPS) is 14.8. The van der Waals surface area contributed by atoms with Crippen molar-refractivity contribution in [1.82, 2.24) is 42.2 Å². The van der Waals surface area contributed by atoms with E-state index in [2.05, 4.69) is 67.5 Å². The van der Waals surface area contributed by atoms with Gasteiger partial charge in [0.25, 0.3) is 0 Å². The molecule has 0 saturated carbocycles. The van der Waals surface area contributed by atoms with E-state index in [-0.39, 0.29) is 55.9 Å². The summed E-state index contributed by atoms with van der Waals surface area (Å²) in [5.74, 6) is -6.87. The fourth-order valence-corrected chi connectivity index (χ4v) is 9.06. The Kier molecular flexibility index (Phi) is 23.6. The van der Waals surface area contributed by atoms with Gasteiger partial charge < -0.3 is 69.6 Å². The SMILES string of the molecule is CCC[C@H](NC(=O)[C@H](CCCCN)NC(=O)[C@@H](Cc1c[nH]c2ccccc12)NC(=O)[C@H](Cc1ccc(O)cc1)NC(=O)[C@H](CS)NC(=O)[C@H](N)Cc1ccc2ccccc2c1)C(=O)N[C@@H](CS)C(=O)N[C@H](C(N)=O)[C@@H](C)O. The minimum absolute atomic E-state index is 0.0447. The first-order chi connectivity index (χ1) is 36.8. The number of H-pyrrole nitrogens is 1. The first kappa shape index (κ1) is 60.7. The third-order valence-electron chi connectivity index (χ3n) is 12.9. The maximum atomic E-state index is 14.7. The van der Waals surface area contributed by atoms with Crippen LogP contribution >= 0.6 is 25.3 Å². The van der Waals surface area contributed by atoms with E-state index in [1.807, 2.05) is 66.7 Å². The van der Waals surface area contributed by atoms with Crippen molar-refractivity contribution in [3.05, 3.63) is 114 Å². The maximum absolute atomic E-state index is 14.7. The monoisotopic (exact) mass is 1100 g/mol. The van der Waals surface area contributed by atoms with Crippen LogP contribution in [0.15, 0.2) is 97.2 Å². The van der Waals surface area contributed by atoms with Gasteiger partial charge in [0.15, 0.2) is 0 Å². The Balaban J connectivity index is 1.38. The second kappa shape index (κ2) is 29.9. The van der Waals surface area contributed by atoms with Gasteiger partial charge in [0.1, 0.15) is 48.0 Å². The lowest BCUT2D eigenvalue weighted by molar-refractivity contribution is -0.135. The number of fused-ring (bicyclic) bond motifs is 2. The summed E-state index contributed by atoms with van der Waals surface area (Å²) < 4.78 is 0. The van der Waals surface area contributed by atoms with Gasteiger partial charge in [0.05, 0.1) is 12.1 Å². The van der Waals surface area contributed by atoms with Crippen molar-refractivity contribution >= 4 is 94.2 Å². The van der Waals surface area contributed by atoms with Crippen molar-refractivity contribution in [3.63, 3.8) is 0 Å². The number of unbranched alkanes of at least 4 members (excludes halogenated alkanes) is 1. The molecule has 4 aromatic carbocycles. The number of nitrogens with one attached hydrogen (secondary N) is 8. The fourth-order valence-electron chi connectivity index (χ4n) is 8.55. The Labute approximate surface area is 457 Å². The number of phenols is 1. The van der Waals surface area contributed by atoms with E-state index in [1.165, 1.54) is 19.1 Å². The average Bonchev–Trinajstić information content (AvgIpc) is 3.82. The zero-order chi connectivity index (χ0) is 56.2. The molecule has 0 aliphatic rings. The molecule has 1 heterocycles. The summed E-state index contributed by atoms with van der Waals surface area (Å²) in [4.78, 5) is 113. The molecule has 0 fully saturated rings. The molecule has 0 radical (unpaired) electrons. The second-order valence-corrected chi connectivity index (χ2v) is 19.6. The van der Waals surface area contributed by atoms with Crippen molar-refractivity contribution in [1.29, 1.82) is 0 Å². The number of aromatic nitrogens is 1. The number of para-hydroxylation sites is 1. The lowest BCUT2D eigenvalue weighted by Crippen LogP contribution is -2.61. The summed E-state index contributed by atoms with van der Waals surface area (Å²) in [5.41, 5.74) is 20.2. The molecule has 5 aromatic rings. The standard InChI is InChI=1S/C54H71N11O10S2/c1-3-10-40(49(70)64-45(29-77)54(75)65-46(30(2)66)47(57)68)59-50(71)41(15-8-9-22-55)60-52(73)43(26-35-27-58-39-14-7-6-13-37(35)39)62-51(72)42(25-31-17-20-36(67)21-18-31)61-53(74)44(28-76)63-48(69)38(56)24-32-16-19-33-11-4-5-12-34(33)23-32/h4-7,11-14,16-21,23,27,30,38,40-46,58,66-67,76-77H,3,8-10,15,22,24-26,28-29,55-56H2,1-2H3,(H2,57,68)(H,59,71)(H,60,73)(H,61,74)(H,62,72)(H,63,69)(H,64,70)(H,65,75)/t30-,38-,40+,41+,42+,43-,44+,45+,46+/m1/s1. The molecule has 77 heavy (non-hydrogen) atoms. The number of phenolic OH excluding ortho intramolecular Hbond substituents is 1. The van der Waals surface area contributed by atoms with Crippen LogP contribution in [-0.4, -0.2) is 135 Å². The fraction of sp³-hybridized carbons (Fsp3) is 0.407. The van der Waals surface area contributed by atoms with Crippen LogP contribution in [0.4, 0.5) is 0 Å². The number of carbonyl (C=O) groups excluding carboxylic acids is 8. The molecule has 21 nitrogen and oxygen atoms in total. The molecule has 0 aliphatic heterocycles. The van der Waals surface area contributed by atoms with E-state index in [4.69, 9.17) is 17.2 Å². The van der Waals surface area contributed by atoms with Crippen molar-refractivity contribution in [2.24, 2.45) is 17.2 Å². The molecule has 9 atom stereocenters. The number of aliphatic hydroxyl groups is 1. The summed E-state index contributed by atoms with van der Waals surface area (Å²) in [6, 6.07) is 16.3. The van der Waals surface area contributed by atoms with Crippen LogP contribution in [0.2, 0.25) is 0 Å². The van der Waals surface area contributed by atoms with Gasteiger partial charge >= 0.3 is 0 Å². The van der Waals surface area contributed by atoms with E-state index in [0.29, 0.717) is 30.4 Å². The maximum Gasteiger partial charge on any atom is 0.244 e. The number of rotatable bonds is 30. The highest BCUT2D eigenvalue weighted by Gasteiger charge is 2.35. The van der Waals surface area contributed by atoms with Gasteiger partial charge in [-0.05, 0) is 91.2 Å². The number of amides is 8. The van der Waals surface area contributed by atoms with Crippen LogP contribution in [0.5, 0.6) is 5.75 Å². The number of aromatic hydroxyl groups is 1. The quantitative estimate of drug-likeness (QED) is 0.0220. The molecule has 1 aromatic heterocycles. The van der Waals surface area contributed by atoms with Crippen LogP contribution in [0, 0.1) is 0 Å². The number of hydrogen-bond acceptors (Lipinski definition) is 14. The van der Waals surface area contributed by atoms with E-state index in [9.17, 15) is 48.6 Å². The summed E-state index contributed by atoms with van der Waals surface area (Å²) in [5, 5.41) is 41.3. The highest BCUT2D eigenvalue weighted by atomic mass is 32.1. The number of aromatic amines is 1. The topological polar surface area (TPSA) is 355 Å². The number of nitrogens with two attached hydrogens (primary N) is 3. The molecule has 0 aliphatic carbocycles. The molecular weight excluding hydrogens is 1030 g/mol. The summed E-state index contributed by atoms with van der Waals surface area (Å²) >= 11 is 8.54. The van der Waals surface area contributed by atoms with Crippen molar-refractivity contribution in [3.8, 4) is 5.75 Å². The van der Waals surface area contributed by atoms with Crippen LogP contribution in [0.25, 0.3) is 21.7 Å². The molecular formula is C54H71N11O10S2. The van der Waals surface area contributed by atoms with Crippen molar-refractivity contribution < 1.29 is 48.6 Å². The highest BCUT2D eigenvalue weighted by Crippen LogP contribution is 2.21. The molecule has 16 N–H and O–H groups in total. The third kappa shape index (κ3) is 18.0. The summed E-state index contributed by atoms with van der Waals surface area (Å²) in [6.07, 6.45) is 1.65. The van der Waals surface area contributed by atoms with Gasteiger partial charge in [-0.25, -0.2) is 0 Å². The Morgan fingerprint density at radius 1 is 0.584 bits per heavy atom. The lowest BCUT2D eigenvalue weighted by Gasteiger charge is -2.28. The molecule has 414 valence electrons. The zero-order valence-corrected chi connectivity index (χ0v) is 44.8. The minimum atomic E-state index is -1.46. The van der Waals surface area contributed by atoms with Gasteiger partial charge in [-0.1, -0.05) is 86.1 Å². The Bertz CT molecular complexity index is 2830. The second-order valence-electron chi connectivity index (χ2n) is 18.9. The van der Waals surface area contributed by atoms with E-state index >= 15 is 0 Å². The summed E-state index contributed by atoms with van der Waals surface area (Å²) in [7, 11) is 0. The van der Waals surface area contributed by atoms with Gasteiger partial charge in [-0.2, -0.15) is 25.3 Å². The number of hydrogen-bond donors (Lipinski definition) is 15. The van der Waals surface area contributed by atoms with Gasteiger partial charge in [0, 0.05) is 41.4 Å². The van der Waals surface area contributed by atoms with Crippen LogP contribution in [0.1, 0.15) is 62.6 Å². The van der Waals surface area contributed by atoms with E-state index in [0.717, 1.165) is 27.2 Å². The number of thiol groups is 2. The molecule has 0 spiro atoms. The lowest BCUT2D eigenvalue weighted by atomic mass is 10.0. The molecule has 8 amide bonds. The highest BCUT2D eigenvalue weighted by molar-refractivity contribution is 7.80. The molecule has 0 saturated heterocycles. The summed E-state index contributed by atoms with van der Waals surface area (Å²) in [6.45, 7) is 3.29. The molecule has 0 unspecified atom stereocenters. The Morgan fingerprint density at radius 3 is 1.69 bits per heavy atom. The largest absolute Gasteiger partial charge is 0.508 e. The predicted octanol–water partition coefficient (Wildman–Crippen LogP) is 0.430. The first-order valence-electron chi connectivity index (χ1n) is 25.4. The average molecular weight is 1100 g/mol. The van der Waals surface area contributed by atoms with E-state index < -0.39 is 102 Å². The van der Waals surface area contributed by atoms with Crippen molar-refractivity contribution in [2.45, 2.75) is 120 Å². The smallest absolute Gasteiger partial charge is 0.244 e. The van der Waals surface area contributed by atoms with E-state index in [1.54, 1.807) is 25.3 Å². The van der Waals surface area contributed by atoms with Crippen molar-refractivity contribution in [2.75, 3.05) is 18.1 Å². The number of carbonyl (C=O) groups is 8. The Morgan fingerprint density at radius 2 is 1.09 bits per heavy atom. The van der Waals surface area contributed by atoms with Crippen LogP contribution in [-0.2, 0) is 57.6 Å². The van der Waals surface area contributed by atoms with Crippen LogP contribution < -0.4 is 54.4 Å². The van der Waals surface area contributed by atoms with Gasteiger partial charge in [-0.3, -0.25) is 38.4 Å². The molecule has 5 rings (SSSR count). The van der Waals surface area contributed by atoms with Gasteiger partial charge in [0.2, 0.25) is 47.3 Å². The predicted molar refractivity (Wildman–Crippen MR) is 299 cm³/mol. The molecule has 23 heteroatoms. The van der Waals surface area contributed by atoms with Crippen LogP contribution in [0.3, 0.4) is 0 Å². The third-order valence-corrected chi connectivity index (χ3v) is 13.6. The molecule has 0 bridgehead atoms. The number of primary amides is 1. The zero-order valence-electron chi connectivity index (χ0n) is 43.0. The number of benzene rings is 4. The Hall–Kier alpha value is -7.18.